The monoisotopic (exact) mass is 247 g/mol. The Bertz CT molecular complexity index is 546. The van der Waals surface area contributed by atoms with E-state index in [9.17, 15) is 0 Å². The molecule has 0 saturated carbocycles. The van der Waals surface area contributed by atoms with Crippen LogP contribution in [-0.2, 0) is 12.8 Å². The fraction of sp³-hybridized carbons (Fsp3) is 0.455. The van der Waals surface area contributed by atoms with Crippen LogP contribution in [-0.4, -0.2) is 24.7 Å². The van der Waals surface area contributed by atoms with Crippen molar-refractivity contribution in [2.24, 2.45) is 5.84 Å². The van der Waals surface area contributed by atoms with E-state index in [0.717, 1.165) is 30.2 Å². The van der Waals surface area contributed by atoms with E-state index < -0.39 is 0 Å². The second-order valence-electron chi connectivity index (χ2n) is 3.90. The Labute approximate surface area is 105 Å². The highest BCUT2D eigenvalue weighted by Gasteiger charge is 2.11. The standard InChI is InChI=1S/C11H17N7/c1-4-8-14-9(5-2)18(17-8)10-6-7(3)13-11(15-10)16-12/h6H,4-5,12H2,1-3H3,(H,13,15,16). The average Bonchev–Trinajstić information content (AvgIpc) is 2.81. The van der Waals surface area contributed by atoms with Gasteiger partial charge in [0, 0.05) is 24.6 Å². The fourth-order valence-corrected chi connectivity index (χ4v) is 1.68. The lowest BCUT2D eigenvalue weighted by molar-refractivity contribution is 0.764. The summed E-state index contributed by atoms with van der Waals surface area (Å²) >= 11 is 0. The number of nitrogens with zero attached hydrogens (tertiary/aromatic N) is 5. The van der Waals surface area contributed by atoms with E-state index in [1.54, 1.807) is 4.68 Å². The van der Waals surface area contributed by atoms with Gasteiger partial charge in [0.2, 0.25) is 5.95 Å². The van der Waals surface area contributed by atoms with Crippen molar-refractivity contribution in [1.82, 2.24) is 24.7 Å². The van der Waals surface area contributed by atoms with E-state index in [4.69, 9.17) is 5.84 Å². The van der Waals surface area contributed by atoms with Gasteiger partial charge in [-0.25, -0.2) is 15.8 Å². The van der Waals surface area contributed by atoms with Crippen LogP contribution in [0.15, 0.2) is 6.07 Å². The summed E-state index contributed by atoms with van der Waals surface area (Å²) in [6, 6.07) is 1.86. The van der Waals surface area contributed by atoms with E-state index >= 15 is 0 Å². The molecular weight excluding hydrogens is 230 g/mol. The van der Waals surface area contributed by atoms with Gasteiger partial charge in [0.15, 0.2) is 11.6 Å². The maximum absolute atomic E-state index is 5.35. The topological polar surface area (TPSA) is 94.5 Å². The lowest BCUT2D eigenvalue weighted by Crippen LogP contribution is -2.14. The highest BCUT2D eigenvalue weighted by atomic mass is 15.4. The Morgan fingerprint density at radius 3 is 2.61 bits per heavy atom. The quantitative estimate of drug-likeness (QED) is 0.612. The lowest BCUT2D eigenvalue weighted by atomic mass is 10.4. The van der Waals surface area contributed by atoms with Crippen molar-refractivity contribution in [2.45, 2.75) is 33.6 Å². The summed E-state index contributed by atoms with van der Waals surface area (Å²) < 4.78 is 1.74. The van der Waals surface area contributed by atoms with E-state index in [0.29, 0.717) is 11.8 Å². The molecule has 0 spiro atoms. The number of aryl methyl sites for hydroxylation is 3. The summed E-state index contributed by atoms with van der Waals surface area (Å²) in [4.78, 5) is 12.9. The van der Waals surface area contributed by atoms with Gasteiger partial charge in [-0.2, -0.15) is 9.67 Å². The van der Waals surface area contributed by atoms with Crippen LogP contribution in [0.4, 0.5) is 5.95 Å². The van der Waals surface area contributed by atoms with E-state index in [1.165, 1.54) is 0 Å². The van der Waals surface area contributed by atoms with E-state index in [-0.39, 0.29) is 0 Å². The molecule has 2 aromatic rings. The number of hydrazine groups is 1. The summed E-state index contributed by atoms with van der Waals surface area (Å²) in [5.74, 6) is 8.10. The van der Waals surface area contributed by atoms with Crippen molar-refractivity contribution in [3.05, 3.63) is 23.4 Å². The number of nitrogen functional groups attached to an aromatic ring is 1. The third kappa shape index (κ3) is 2.30. The fourth-order valence-electron chi connectivity index (χ4n) is 1.68. The Kier molecular flexibility index (Phi) is 3.52. The summed E-state index contributed by atoms with van der Waals surface area (Å²) in [6.07, 6.45) is 1.59. The Morgan fingerprint density at radius 2 is 2.00 bits per heavy atom. The molecule has 0 aliphatic heterocycles. The third-order valence-electron chi connectivity index (χ3n) is 2.54. The molecule has 0 unspecified atom stereocenters. The minimum atomic E-state index is 0.376. The maximum atomic E-state index is 5.35. The zero-order valence-electron chi connectivity index (χ0n) is 10.8. The van der Waals surface area contributed by atoms with Gasteiger partial charge in [-0.3, -0.25) is 5.43 Å². The summed E-state index contributed by atoms with van der Waals surface area (Å²) in [7, 11) is 0. The Morgan fingerprint density at radius 1 is 1.22 bits per heavy atom. The van der Waals surface area contributed by atoms with Crippen LogP contribution in [0.1, 0.15) is 31.2 Å². The van der Waals surface area contributed by atoms with Crippen molar-refractivity contribution in [1.29, 1.82) is 0 Å². The Hall–Kier alpha value is -2.02. The highest BCUT2D eigenvalue weighted by Crippen LogP contribution is 2.11. The number of anilines is 1. The normalized spacial score (nSPS) is 10.7. The SMILES string of the molecule is CCc1nc(CC)n(-c2cc(C)nc(NN)n2)n1. The van der Waals surface area contributed by atoms with Crippen LogP contribution in [0.25, 0.3) is 5.82 Å². The van der Waals surface area contributed by atoms with Gasteiger partial charge in [0.25, 0.3) is 0 Å². The van der Waals surface area contributed by atoms with Gasteiger partial charge >= 0.3 is 0 Å². The zero-order valence-corrected chi connectivity index (χ0v) is 10.8. The van der Waals surface area contributed by atoms with Gasteiger partial charge < -0.3 is 0 Å². The minimum absolute atomic E-state index is 0.376. The molecule has 0 radical (unpaired) electrons. The van der Waals surface area contributed by atoms with E-state index in [2.05, 4.69) is 25.5 Å². The maximum Gasteiger partial charge on any atom is 0.239 e. The second-order valence-corrected chi connectivity index (χ2v) is 3.90. The van der Waals surface area contributed by atoms with Crippen LogP contribution >= 0.6 is 0 Å². The molecule has 0 fully saturated rings. The predicted molar refractivity (Wildman–Crippen MR) is 68.3 cm³/mol. The molecule has 2 rings (SSSR count). The van der Waals surface area contributed by atoms with Crippen molar-refractivity contribution < 1.29 is 0 Å². The molecule has 2 heterocycles. The largest absolute Gasteiger partial charge is 0.292 e. The van der Waals surface area contributed by atoms with Gasteiger partial charge in [0.1, 0.15) is 5.82 Å². The number of nitrogens with two attached hydrogens (primary N) is 1. The molecule has 3 N–H and O–H groups in total. The molecule has 0 bridgehead atoms. The first kappa shape index (κ1) is 12.4. The molecule has 0 aromatic carbocycles. The molecule has 7 nitrogen and oxygen atoms in total. The number of hydrogen-bond donors (Lipinski definition) is 2. The van der Waals surface area contributed by atoms with Gasteiger partial charge in [0.05, 0.1) is 0 Å². The summed E-state index contributed by atoms with van der Waals surface area (Å²) in [5.41, 5.74) is 3.28. The van der Waals surface area contributed by atoms with Crippen LogP contribution in [0, 0.1) is 6.92 Å². The first-order valence-corrected chi connectivity index (χ1v) is 5.95. The number of aromatic nitrogens is 5. The number of rotatable bonds is 4. The van der Waals surface area contributed by atoms with Crippen molar-refractivity contribution in [3.8, 4) is 5.82 Å². The molecule has 18 heavy (non-hydrogen) atoms. The van der Waals surface area contributed by atoms with Crippen molar-refractivity contribution in [3.63, 3.8) is 0 Å². The third-order valence-corrected chi connectivity index (χ3v) is 2.54. The molecule has 0 atom stereocenters. The van der Waals surface area contributed by atoms with Crippen LogP contribution in [0.3, 0.4) is 0 Å². The smallest absolute Gasteiger partial charge is 0.239 e. The summed E-state index contributed by atoms with van der Waals surface area (Å²) in [6.45, 7) is 5.95. The molecule has 96 valence electrons. The molecule has 0 amide bonds. The van der Waals surface area contributed by atoms with Crippen LogP contribution in [0.2, 0.25) is 0 Å². The molecule has 0 aliphatic carbocycles. The van der Waals surface area contributed by atoms with Crippen LogP contribution in [0.5, 0.6) is 0 Å². The molecule has 7 heteroatoms. The lowest BCUT2D eigenvalue weighted by Gasteiger charge is -2.06. The highest BCUT2D eigenvalue weighted by molar-refractivity contribution is 5.34. The number of hydrogen-bond acceptors (Lipinski definition) is 6. The van der Waals surface area contributed by atoms with Crippen molar-refractivity contribution >= 4 is 5.95 Å². The Balaban J connectivity index is 2.53. The molecular formula is C11H17N7. The van der Waals surface area contributed by atoms with Crippen LogP contribution < -0.4 is 11.3 Å². The predicted octanol–water partition coefficient (Wildman–Crippen LogP) is 0.776. The van der Waals surface area contributed by atoms with Gasteiger partial charge in [-0.1, -0.05) is 13.8 Å². The van der Waals surface area contributed by atoms with E-state index in [1.807, 2.05) is 26.8 Å². The molecule has 0 saturated heterocycles. The second kappa shape index (κ2) is 5.09. The first-order chi connectivity index (χ1) is 8.67. The van der Waals surface area contributed by atoms with Gasteiger partial charge in [-0.15, -0.1) is 5.10 Å². The molecule has 0 aliphatic rings. The minimum Gasteiger partial charge on any atom is -0.292 e. The number of nitrogens with one attached hydrogen (secondary N) is 1. The summed E-state index contributed by atoms with van der Waals surface area (Å²) in [5, 5.41) is 4.43. The average molecular weight is 247 g/mol. The van der Waals surface area contributed by atoms with Crippen molar-refractivity contribution in [2.75, 3.05) is 5.43 Å². The molecule has 2 aromatic heterocycles. The zero-order chi connectivity index (χ0) is 13.1. The first-order valence-electron chi connectivity index (χ1n) is 5.95. The van der Waals surface area contributed by atoms with Gasteiger partial charge in [-0.05, 0) is 6.92 Å².